The van der Waals surface area contributed by atoms with Gasteiger partial charge in [0.1, 0.15) is 0 Å². The molecular formula is C12H11NO2. The average molecular weight is 201 g/mol. The number of benzene rings is 2. The fourth-order valence-electron chi connectivity index (χ4n) is 1.73. The highest BCUT2D eigenvalue weighted by Crippen LogP contribution is 2.25. The van der Waals surface area contributed by atoms with Crippen molar-refractivity contribution in [2.24, 2.45) is 0 Å². The largest absolute Gasteiger partial charge is 0.264 e. The number of hydrogen-bond acceptors (Lipinski definition) is 2. The van der Waals surface area contributed by atoms with Crippen molar-refractivity contribution in [3.8, 4) is 0 Å². The van der Waals surface area contributed by atoms with E-state index in [1.54, 1.807) is 6.92 Å². The smallest absolute Gasteiger partial charge is 0.235 e. The minimum Gasteiger partial charge on any atom is -0.264 e. The van der Waals surface area contributed by atoms with Gasteiger partial charge in [0, 0.05) is 17.4 Å². The Morgan fingerprint density at radius 1 is 1.13 bits per heavy atom. The molecule has 3 heteroatoms. The van der Waals surface area contributed by atoms with Crippen LogP contribution in [0.4, 0.5) is 0 Å². The molecule has 1 atom stereocenters. The molecule has 0 aliphatic carbocycles. The summed E-state index contributed by atoms with van der Waals surface area (Å²) in [6.45, 7) is 1.61. The van der Waals surface area contributed by atoms with Crippen LogP contribution in [0, 0.1) is 10.1 Å². The zero-order valence-corrected chi connectivity index (χ0v) is 8.38. The Hall–Kier alpha value is -1.90. The average Bonchev–Trinajstić information content (AvgIpc) is 2.27. The molecule has 0 radical (unpaired) electrons. The Kier molecular flexibility index (Phi) is 2.37. The highest BCUT2D eigenvalue weighted by atomic mass is 16.6. The van der Waals surface area contributed by atoms with E-state index in [2.05, 4.69) is 0 Å². The van der Waals surface area contributed by atoms with E-state index in [-0.39, 0.29) is 4.92 Å². The highest BCUT2D eigenvalue weighted by molar-refractivity contribution is 5.85. The first-order valence-corrected chi connectivity index (χ1v) is 4.81. The highest BCUT2D eigenvalue weighted by Gasteiger charge is 2.17. The Morgan fingerprint density at radius 3 is 2.53 bits per heavy atom. The van der Waals surface area contributed by atoms with Crippen LogP contribution in [0.5, 0.6) is 0 Å². The molecule has 2 aromatic carbocycles. The lowest BCUT2D eigenvalue weighted by Crippen LogP contribution is -2.06. The molecule has 0 saturated heterocycles. The second kappa shape index (κ2) is 3.69. The van der Waals surface area contributed by atoms with Gasteiger partial charge in [0.2, 0.25) is 6.04 Å². The lowest BCUT2D eigenvalue weighted by molar-refractivity contribution is -0.524. The molecule has 76 valence electrons. The van der Waals surface area contributed by atoms with E-state index >= 15 is 0 Å². The quantitative estimate of drug-likeness (QED) is 0.553. The molecule has 0 amide bonds. The van der Waals surface area contributed by atoms with Crippen LogP contribution in [0.25, 0.3) is 10.8 Å². The lowest BCUT2D eigenvalue weighted by Gasteiger charge is -2.07. The molecule has 0 heterocycles. The number of fused-ring (bicyclic) bond motifs is 1. The molecule has 2 rings (SSSR count). The molecule has 0 bridgehead atoms. The summed E-state index contributed by atoms with van der Waals surface area (Å²) in [4.78, 5) is 10.5. The minimum atomic E-state index is -0.656. The van der Waals surface area contributed by atoms with Crippen LogP contribution in [0.3, 0.4) is 0 Å². The predicted octanol–water partition coefficient (Wildman–Crippen LogP) is 3.18. The van der Waals surface area contributed by atoms with Crippen LogP contribution in [0.2, 0.25) is 0 Å². The van der Waals surface area contributed by atoms with Gasteiger partial charge < -0.3 is 0 Å². The molecule has 0 aliphatic rings. The van der Waals surface area contributed by atoms with Gasteiger partial charge in [-0.15, -0.1) is 0 Å². The van der Waals surface area contributed by atoms with Crippen molar-refractivity contribution in [3.63, 3.8) is 0 Å². The molecule has 0 fully saturated rings. The molecule has 2 aromatic rings. The number of rotatable bonds is 2. The van der Waals surface area contributed by atoms with Crippen molar-refractivity contribution in [1.82, 2.24) is 0 Å². The van der Waals surface area contributed by atoms with Gasteiger partial charge in [-0.05, 0) is 10.8 Å². The number of hydrogen-bond donors (Lipinski definition) is 0. The Labute approximate surface area is 87.5 Å². The van der Waals surface area contributed by atoms with E-state index in [0.29, 0.717) is 0 Å². The molecule has 0 N–H and O–H groups in total. The SMILES string of the molecule is CC(c1cccc2ccccc12)[N+](=O)[O-]. The van der Waals surface area contributed by atoms with Gasteiger partial charge in [0.05, 0.1) is 0 Å². The van der Waals surface area contributed by atoms with Crippen molar-refractivity contribution >= 4 is 10.8 Å². The van der Waals surface area contributed by atoms with E-state index in [1.807, 2.05) is 42.5 Å². The zero-order chi connectivity index (χ0) is 10.8. The van der Waals surface area contributed by atoms with Crippen LogP contribution in [0.15, 0.2) is 42.5 Å². The Morgan fingerprint density at radius 2 is 1.80 bits per heavy atom. The van der Waals surface area contributed by atoms with E-state index in [1.165, 1.54) is 0 Å². The van der Waals surface area contributed by atoms with Gasteiger partial charge in [0.25, 0.3) is 0 Å². The monoisotopic (exact) mass is 201 g/mol. The summed E-state index contributed by atoms with van der Waals surface area (Å²) < 4.78 is 0. The van der Waals surface area contributed by atoms with Crippen molar-refractivity contribution in [3.05, 3.63) is 58.1 Å². The van der Waals surface area contributed by atoms with Crippen molar-refractivity contribution < 1.29 is 4.92 Å². The van der Waals surface area contributed by atoms with E-state index < -0.39 is 6.04 Å². The van der Waals surface area contributed by atoms with Gasteiger partial charge >= 0.3 is 0 Å². The van der Waals surface area contributed by atoms with Crippen LogP contribution in [-0.4, -0.2) is 4.92 Å². The van der Waals surface area contributed by atoms with Crippen molar-refractivity contribution in [2.45, 2.75) is 13.0 Å². The topological polar surface area (TPSA) is 43.1 Å². The summed E-state index contributed by atoms with van der Waals surface area (Å²) >= 11 is 0. The summed E-state index contributed by atoms with van der Waals surface area (Å²) in [5.41, 5.74) is 0.776. The third kappa shape index (κ3) is 1.68. The summed E-state index contributed by atoms with van der Waals surface area (Å²) in [7, 11) is 0. The molecule has 0 aliphatic heterocycles. The van der Waals surface area contributed by atoms with Gasteiger partial charge in [0.15, 0.2) is 0 Å². The van der Waals surface area contributed by atoms with Crippen molar-refractivity contribution in [1.29, 1.82) is 0 Å². The first-order valence-electron chi connectivity index (χ1n) is 4.81. The molecular weight excluding hydrogens is 190 g/mol. The molecule has 0 aromatic heterocycles. The maximum atomic E-state index is 10.7. The fraction of sp³-hybridized carbons (Fsp3) is 0.167. The van der Waals surface area contributed by atoms with Gasteiger partial charge in [-0.1, -0.05) is 42.5 Å². The minimum absolute atomic E-state index is 0.262. The second-order valence-electron chi connectivity index (χ2n) is 3.53. The summed E-state index contributed by atoms with van der Waals surface area (Å²) in [5, 5.41) is 12.8. The van der Waals surface area contributed by atoms with Gasteiger partial charge in [-0.3, -0.25) is 10.1 Å². The van der Waals surface area contributed by atoms with Crippen LogP contribution < -0.4 is 0 Å². The Bertz CT molecular complexity index is 502. The lowest BCUT2D eigenvalue weighted by atomic mass is 10.0. The van der Waals surface area contributed by atoms with E-state index in [4.69, 9.17) is 0 Å². The van der Waals surface area contributed by atoms with Gasteiger partial charge in [-0.25, -0.2) is 0 Å². The van der Waals surface area contributed by atoms with Crippen molar-refractivity contribution in [2.75, 3.05) is 0 Å². The maximum Gasteiger partial charge on any atom is 0.235 e. The molecule has 15 heavy (non-hydrogen) atoms. The first kappa shape index (κ1) is 9.65. The van der Waals surface area contributed by atoms with Crippen LogP contribution in [-0.2, 0) is 0 Å². The normalized spacial score (nSPS) is 12.6. The fourth-order valence-corrected chi connectivity index (χ4v) is 1.73. The van der Waals surface area contributed by atoms with Gasteiger partial charge in [-0.2, -0.15) is 0 Å². The van der Waals surface area contributed by atoms with Crippen LogP contribution in [0.1, 0.15) is 18.5 Å². The third-order valence-electron chi connectivity index (χ3n) is 2.59. The Balaban J connectivity index is 2.65. The number of nitrogens with zero attached hydrogens (tertiary/aromatic N) is 1. The maximum absolute atomic E-state index is 10.7. The van der Waals surface area contributed by atoms with E-state index in [0.717, 1.165) is 16.3 Å². The molecule has 0 saturated carbocycles. The standard InChI is InChI=1S/C12H11NO2/c1-9(13(14)15)11-8-4-6-10-5-2-3-7-12(10)11/h2-9H,1H3. The predicted molar refractivity (Wildman–Crippen MR) is 59.4 cm³/mol. The number of nitro groups is 1. The summed E-state index contributed by atoms with van der Waals surface area (Å²) in [6.07, 6.45) is 0. The first-order chi connectivity index (χ1) is 7.20. The summed E-state index contributed by atoms with van der Waals surface area (Å²) in [5.74, 6) is 0. The summed E-state index contributed by atoms with van der Waals surface area (Å²) in [6, 6.07) is 12.7. The second-order valence-corrected chi connectivity index (χ2v) is 3.53. The molecule has 1 unspecified atom stereocenters. The molecule has 0 spiro atoms. The van der Waals surface area contributed by atoms with Crippen LogP contribution >= 0.6 is 0 Å². The van der Waals surface area contributed by atoms with E-state index in [9.17, 15) is 10.1 Å². The third-order valence-corrected chi connectivity index (χ3v) is 2.59. The zero-order valence-electron chi connectivity index (χ0n) is 8.38. The molecule has 3 nitrogen and oxygen atoms in total.